The smallest absolute Gasteiger partial charge is 0.151 e. The minimum atomic E-state index is 0.147. The van der Waals surface area contributed by atoms with Gasteiger partial charge in [-0.25, -0.2) is 0 Å². The Labute approximate surface area is 90.5 Å². The monoisotopic (exact) mass is 207 g/mol. The number of carbonyl (C=O) groups excluding carboxylic acids is 1. The van der Waals surface area contributed by atoms with Gasteiger partial charge in [0, 0.05) is 11.8 Å². The highest BCUT2D eigenvalue weighted by molar-refractivity contribution is 5.74. The fourth-order valence-electron chi connectivity index (χ4n) is 1.51. The molecule has 0 amide bonds. The molecule has 1 aromatic rings. The lowest BCUT2D eigenvalue weighted by molar-refractivity contribution is 0.112. The van der Waals surface area contributed by atoms with Crippen LogP contribution in [0.5, 0.6) is 5.75 Å². The van der Waals surface area contributed by atoms with E-state index < -0.39 is 0 Å². The van der Waals surface area contributed by atoms with Gasteiger partial charge in [0.05, 0.1) is 12.3 Å². The number of aldehydes is 1. The second kappa shape index (κ2) is 5.49. The molecule has 0 N–H and O–H groups in total. The van der Waals surface area contributed by atoms with E-state index >= 15 is 0 Å². The summed E-state index contributed by atoms with van der Waals surface area (Å²) in [6.07, 6.45) is 5.06. The lowest BCUT2D eigenvalue weighted by Crippen LogP contribution is -2.14. The maximum atomic E-state index is 10.5. The number of carbonyl (C=O) groups is 1. The van der Waals surface area contributed by atoms with Gasteiger partial charge in [-0.05, 0) is 25.3 Å². The van der Waals surface area contributed by atoms with Gasteiger partial charge in [-0.1, -0.05) is 13.8 Å². The first-order valence-electron chi connectivity index (χ1n) is 5.18. The van der Waals surface area contributed by atoms with Crippen molar-refractivity contribution in [2.45, 2.75) is 33.3 Å². The van der Waals surface area contributed by atoms with Crippen LogP contribution in [0.25, 0.3) is 0 Å². The normalized spacial score (nSPS) is 12.5. The zero-order valence-corrected chi connectivity index (χ0v) is 9.43. The zero-order chi connectivity index (χ0) is 11.3. The van der Waals surface area contributed by atoms with E-state index in [-0.39, 0.29) is 6.10 Å². The summed E-state index contributed by atoms with van der Waals surface area (Å²) in [6.45, 7) is 6.33. The molecule has 1 unspecified atom stereocenters. The van der Waals surface area contributed by atoms with Gasteiger partial charge in [0.15, 0.2) is 6.29 Å². The highest BCUT2D eigenvalue weighted by atomic mass is 16.5. The number of rotatable bonds is 5. The summed E-state index contributed by atoms with van der Waals surface area (Å²) in [5, 5.41) is 0. The van der Waals surface area contributed by atoms with Crippen molar-refractivity contribution in [2.75, 3.05) is 0 Å². The van der Waals surface area contributed by atoms with E-state index in [1.807, 2.05) is 6.92 Å². The van der Waals surface area contributed by atoms with E-state index in [9.17, 15) is 4.79 Å². The molecule has 0 saturated heterocycles. The molecule has 3 nitrogen and oxygen atoms in total. The molecule has 3 heteroatoms. The van der Waals surface area contributed by atoms with Crippen LogP contribution in [0.4, 0.5) is 0 Å². The van der Waals surface area contributed by atoms with Crippen LogP contribution in [-0.4, -0.2) is 17.4 Å². The molecule has 0 bridgehead atoms. The molecular formula is C12H17NO2. The van der Waals surface area contributed by atoms with Crippen molar-refractivity contribution in [3.05, 3.63) is 24.0 Å². The fraction of sp³-hybridized carbons (Fsp3) is 0.500. The van der Waals surface area contributed by atoms with E-state index in [2.05, 4.69) is 18.8 Å². The van der Waals surface area contributed by atoms with Gasteiger partial charge in [0.2, 0.25) is 0 Å². The van der Waals surface area contributed by atoms with E-state index in [0.717, 1.165) is 12.7 Å². The predicted octanol–water partition coefficient (Wildman–Crippen LogP) is 2.71. The summed E-state index contributed by atoms with van der Waals surface area (Å²) in [4.78, 5) is 14.5. The van der Waals surface area contributed by atoms with Crippen LogP contribution in [0.15, 0.2) is 18.5 Å². The minimum absolute atomic E-state index is 0.147. The topological polar surface area (TPSA) is 39.2 Å². The third kappa shape index (κ3) is 4.11. The average molecular weight is 207 g/mol. The SMILES string of the molecule is CC(C)CC(C)Oc1cncc(C=O)c1. The van der Waals surface area contributed by atoms with Crippen molar-refractivity contribution < 1.29 is 9.53 Å². The van der Waals surface area contributed by atoms with Gasteiger partial charge in [-0.15, -0.1) is 0 Å². The molecular weight excluding hydrogens is 190 g/mol. The van der Waals surface area contributed by atoms with E-state index in [1.165, 1.54) is 6.20 Å². The molecule has 15 heavy (non-hydrogen) atoms. The summed E-state index contributed by atoms with van der Waals surface area (Å²) in [5.74, 6) is 1.26. The Morgan fingerprint density at radius 2 is 2.13 bits per heavy atom. The van der Waals surface area contributed by atoms with E-state index in [0.29, 0.717) is 17.2 Å². The Morgan fingerprint density at radius 3 is 2.73 bits per heavy atom. The summed E-state index contributed by atoms with van der Waals surface area (Å²) in [6, 6.07) is 1.71. The minimum Gasteiger partial charge on any atom is -0.489 e. The average Bonchev–Trinajstić information content (AvgIpc) is 2.16. The highest BCUT2D eigenvalue weighted by Gasteiger charge is 2.07. The first-order valence-corrected chi connectivity index (χ1v) is 5.18. The van der Waals surface area contributed by atoms with Gasteiger partial charge in [0.1, 0.15) is 5.75 Å². The van der Waals surface area contributed by atoms with Crippen LogP contribution in [-0.2, 0) is 0 Å². The summed E-state index contributed by atoms with van der Waals surface area (Å²) >= 11 is 0. The van der Waals surface area contributed by atoms with Crippen molar-refractivity contribution >= 4 is 6.29 Å². The van der Waals surface area contributed by atoms with Crippen molar-refractivity contribution in [3.8, 4) is 5.75 Å². The third-order valence-corrected chi connectivity index (χ3v) is 2.01. The lowest BCUT2D eigenvalue weighted by atomic mass is 10.1. The lowest BCUT2D eigenvalue weighted by Gasteiger charge is -2.16. The van der Waals surface area contributed by atoms with Crippen molar-refractivity contribution in [1.29, 1.82) is 0 Å². The zero-order valence-electron chi connectivity index (χ0n) is 9.43. The molecule has 0 aliphatic heterocycles. The van der Waals surface area contributed by atoms with Crippen LogP contribution >= 0.6 is 0 Å². The van der Waals surface area contributed by atoms with Gasteiger partial charge < -0.3 is 4.74 Å². The number of hydrogen-bond donors (Lipinski definition) is 0. The first-order chi connectivity index (χ1) is 7.11. The van der Waals surface area contributed by atoms with Crippen molar-refractivity contribution in [3.63, 3.8) is 0 Å². The van der Waals surface area contributed by atoms with Crippen molar-refractivity contribution in [1.82, 2.24) is 4.98 Å². The van der Waals surface area contributed by atoms with Gasteiger partial charge in [0.25, 0.3) is 0 Å². The predicted molar refractivity (Wildman–Crippen MR) is 59.2 cm³/mol. The molecule has 0 aliphatic rings. The Kier molecular flexibility index (Phi) is 4.28. The van der Waals surface area contributed by atoms with Gasteiger partial charge >= 0.3 is 0 Å². The molecule has 82 valence electrons. The molecule has 0 radical (unpaired) electrons. The van der Waals surface area contributed by atoms with Crippen LogP contribution in [0.3, 0.4) is 0 Å². The molecule has 0 spiro atoms. The molecule has 1 aromatic heterocycles. The maximum absolute atomic E-state index is 10.5. The third-order valence-electron chi connectivity index (χ3n) is 2.01. The molecule has 0 fully saturated rings. The van der Waals surface area contributed by atoms with E-state index in [1.54, 1.807) is 12.3 Å². The highest BCUT2D eigenvalue weighted by Crippen LogP contribution is 2.15. The van der Waals surface area contributed by atoms with Crippen molar-refractivity contribution in [2.24, 2.45) is 5.92 Å². The summed E-state index contributed by atoms with van der Waals surface area (Å²) < 4.78 is 5.65. The molecule has 1 atom stereocenters. The van der Waals surface area contributed by atoms with E-state index in [4.69, 9.17) is 4.74 Å². The fourth-order valence-corrected chi connectivity index (χ4v) is 1.51. The number of nitrogens with zero attached hydrogens (tertiary/aromatic N) is 1. The van der Waals surface area contributed by atoms with Crippen LogP contribution in [0.1, 0.15) is 37.6 Å². The number of aromatic nitrogens is 1. The Balaban J connectivity index is 2.59. The molecule has 1 heterocycles. The first kappa shape index (κ1) is 11.7. The van der Waals surface area contributed by atoms with Crippen LogP contribution in [0, 0.1) is 5.92 Å². The quantitative estimate of drug-likeness (QED) is 0.697. The van der Waals surface area contributed by atoms with Gasteiger partial charge in [-0.3, -0.25) is 9.78 Å². The molecule has 0 aromatic carbocycles. The second-order valence-corrected chi connectivity index (χ2v) is 4.13. The second-order valence-electron chi connectivity index (χ2n) is 4.13. The number of hydrogen-bond acceptors (Lipinski definition) is 3. The summed E-state index contributed by atoms with van der Waals surface area (Å²) in [7, 11) is 0. The molecule has 1 rings (SSSR count). The van der Waals surface area contributed by atoms with Crippen LogP contribution in [0.2, 0.25) is 0 Å². The molecule has 0 aliphatic carbocycles. The number of pyridine rings is 1. The molecule has 0 saturated carbocycles. The largest absolute Gasteiger partial charge is 0.489 e. The van der Waals surface area contributed by atoms with Gasteiger partial charge in [-0.2, -0.15) is 0 Å². The van der Waals surface area contributed by atoms with Crippen LogP contribution < -0.4 is 4.74 Å². The number of ether oxygens (including phenoxy) is 1. The Hall–Kier alpha value is -1.38. The summed E-state index contributed by atoms with van der Waals surface area (Å²) in [5.41, 5.74) is 0.546. The Morgan fingerprint density at radius 1 is 1.40 bits per heavy atom. The standard InChI is InChI=1S/C12H17NO2/c1-9(2)4-10(3)15-12-5-11(8-14)6-13-7-12/h5-10H,4H2,1-3H3. The Bertz CT molecular complexity index is 323. The maximum Gasteiger partial charge on any atom is 0.151 e.